The monoisotopic (exact) mass is 279 g/mol. The Morgan fingerprint density at radius 1 is 1.35 bits per heavy atom. The van der Waals surface area contributed by atoms with Gasteiger partial charge in [0.1, 0.15) is 5.60 Å². The molecule has 110 valence electrons. The third-order valence-corrected chi connectivity index (χ3v) is 3.26. The van der Waals surface area contributed by atoms with Crippen LogP contribution in [0.4, 0.5) is 4.79 Å². The number of carbonyl (C=O) groups is 1. The lowest BCUT2D eigenvalue weighted by Gasteiger charge is -2.33. The van der Waals surface area contributed by atoms with Crippen LogP contribution in [-0.4, -0.2) is 39.7 Å². The van der Waals surface area contributed by atoms with E-state index in [0.29, 0.717) is 13.1 Å². The van der Waals surface area contributed by atoms with Crippen LogP contribution in [0.25, 0.3) is 0 Å². The molecule has 1 aromatic rings. The Labute approximate surface area is 118 Å². The van der Waals surface area contributed by atoms with E-state index in [-0.39, 0.29) is 17.6 Å². The van der Waals surface area contributed by atoms with Crippen molar-refractivity contribution in [3.05, 3.63) is 28.4 Å². The van der Waals surface area contributed by atoms with Crippen molar-refractivity contribution in [1.29, 1.82) is 0 Å². The molecule has 6 heteroatoms. The SMILES string of the molecule is CC(C)(C)OC(=O)N1CCC(c2cncc(=O)[nH]2)CC1. The number of nitrogens with one attached hydrogen (secondary N) is 1. The van der Waals surface area contributed by atoms with Crippen LogP contribution in [0.15, 0.2) is 17.2 Å². The zero-order valence-electron chi connectivity index (χ0n) is 12.2. The molecule has 1 saturated heterocycles. The van der Waals surface area contributed by atoms with Gasteiger partial charge in [0, 0.05) is 30.9 Å². The summed E-state index contributed by atoms with van der Waals surface area (Å²) in [7, 11) is 0. The highest BCUT2D eigenvalue weighted by Crippen LogP contribution is 2.26. The summed E-state index contributed by atoms with van der Waals surface area (Å²) in [5.41, 5.74) is 0.195. The molecule has 6 nitrogen and oxygen atoms in total. The number of rotatable bonds is 1. The van der Waals surface area contributed by atoms with E-state index in [9.17, 15) is 9.59 Å². The standard InChI is InChI=1S/C14H21N3O3/c1-14(2,3)20-13(19)17-6-4-10(5-7-17)11-8-15-9-12(18)16-11/h8-10H,4-7H2,1-3H3,(H,16,18). The Morgan fingerprint density at radius 2 is 2.00 bits per heavy atom. The van der Waals surface area contributed by atoms with Crippen LogP contribution in [0.3, 0.4) is 0 Å². The minimum Gasteiger partial charge on any atom is -0.444 e. The van der Waals surface area contributed by atoms with E-state index in [2.05, 4.69) is 9.97 Å². The quantitative estimate of drug-likeness (QED) is 0.851. The molecule has 2 heterocycles. The Morgan fingerprint density at radius 3 is 2.55 bits per heavy atom. The Bertz CT molecular complexity index is 525. The molecule has 0 saturated carbocycles. The molecular weight excluding hydrogens is 258 g/mol. The number of carbonyl (C=O) groups excluding carboxylic acids is 1. The van der Waals surface area contributed by atoms with Gasteiger partial charge in [-0.2, -0.15) is 0 Å². The van der Waals surface area contributed by atoms with Crippen molar-refractivity contribution in [2.24, 2.45) is 0 Å². The predicted molar refractivity (Wildman–Crippen MR) is 74.6 cm³/mol. The normalized spacial score (nSPS) is 17.1. The number of H-pyrrole nitrogens is 1. The van der Waals surface area contributed by atoms with Crippen LogP contribution in [0.2, 0.25) is 0 Å². The second kappa shape index (κ2) is 5.64. The van der Waals surface area contributed by atoms with Crippen molar-refractivity contribution >= 4 is 6.09 Å². The van der Waals surface area contributed by atoms with Crippen LogP contribution in [0.1, 0.15) is 45.2 Å². The number of hydrogen-bond donors (Lipinski definition) is 1. The highest BCUT2D eigenvalue weighted by Gasteiger charge is 2.27. The lowest BCUT2D eigenvalue weighted by atomic mass is 9.94. The molecule has 0 unspecified atom stereocenters. The van der Waals surface area contributed by atoms with E-state index >= 15 is 0 Å². The van der Waals surface area contributed by atoms with Crippen molar-refractivity contribution in [3.63, 3.8) is 0 Å². The van der Waals surface area contributed by atoms with E-state index in [1.54, 1.807) is 11.1 Å². The van der Waals surface area contributed by atoms with E-state index < -0.39 is 5.60 Å². The van der Waals surface area contributed by atoms with E-state index in [4.69, 9.17) is 4.74 Å². The molecule has 0 radical (unpaired) electrons. The Hall–Kier alpha value is -1.85. The summed E-state index contributed by atoms with van der Waals surface area (Å²) in [6.45, 7) is 6.85. The minimum atomic E-state index is -0.470. The molecule has 20 heavy (non-hydrogen) atoms. The van der Waals surface area contributed by atoms with Gasteiger partial charge in [-0.05, 0) is 33.6 Å². The average Bonchev–Trinajstić information content (AvgIpc) is 2.37. The summed E-state index contributed by atoms with van der Waals surface area (Å²) >= 11 is 0. The summed E-state index contributed by atoms with van der Waals surface area (Å²) in [6, 6.07) is 0. The zero-order valence-corrected chi connectivity index (χ0v) is 12.2. The van der Waals surface area contributed by atoms with Crippen molar-refractivity contribution in [2.45, 2.75) is 45.1 Å². The molecule has 1 amide bonds. The van der Waals surface area contributed by atoms with Crippen LogP contribution >= 0.6 is 0 Å². The second-order valence-corrected chi connectivity index (χ2v) is 6.09. The number of aromatic nitrogens is 2. The van der Waals surface area contributed by atoms with Gasteiger partial charge in [-0.1, -0.05) is 0 Å². The number of nitrogens with zero attached hydrogens (tertiary/aromatic N) is 2. The zero-order chi connectivity index (χ0) is 14.8. The highest BCUT2D eigenvalue weighted by atomic mass is 16.6. The molecule has 0 aromatic carbocycles. The van der Waals surface area contributed by atoms with Crippen LogP contribution < -0.4 is 5.56 Å². The maximum Gasteiger partial charge on any atom is 0.410 e. The molecule has 0 spiro atoms. The van der Waals surface area contributed by atoms with Crippen molar-refractivity contribution in [2.75, 3.05) is 13.1 Å². The van der Waals surface area contributed by atoms with E-state index in [1.165, 1.54) is 6.20 Å². The fourth-order valence-electron chi connectivity index (χ4n) is 2.30. The van der Waals surface area contributed by atoms with Crippen molar-refractivity contribution in [1.82, 2.24) is 14.9 Å². The van der Waals surface area contributed by atoms with E-state index in [1.807, 2.05) is 20.8 Å². The number of aromatic amines is 1. The first-order valence-corrected chi connectivity index (χ1v) is 6.87. The van der Waals surface area contributed by atoms with Gasteiger partial charge in [0.05, 0.1) is 6.20 Å². The van der Waals surface area contributed by atoms with Gasteiger partial charge in [0.25, 0.3) is 5.56 Å². The molecule has 0 aliphatic carbocycles. The molecule has 2 rings (SSSR count). The highest BCUT2D eigenvalue weighted by molar-refractivity contribution is 5.68. The first-order chi connectivity index (χ1) is 9.35. The summed E-state index contributed by atoms with van der Waals surface area (Å²) in [6.07, 6.45) is 4.30. The second-order valence-electron chi connectivity index (χ2n) is 6.09. The molecule has 0 bridgehead atoms. The number of piperidine rings is 1. The first-order valence-electron chi connectivity index (χ1n) is 6.87. The molecule has 1 aromatic heterocycles. The fraction of sp³-hybridized carbons (Fsp3) is 0.643. The summed E-state index contributed by atoms with van der Waals surface area (Å²) < 4.78 is 5.35. The third-order valence-electron chi connectivity index (χ3n) is 3.26. The van der Waals surface area contributed by atoms with Gasteiger partial charge in [0.2, 0.25) is 0 Å². The molecule has 0 atom stereocenters. The van der Waals surface area contributed by atoms with Crippen LogP contribution in [-0.2, 0) is 4.74 Å². The largest absolute Gasteiger partial charge is 0.444 e. The van der Waals surface area contributed by atoms with Crippen molar-refractivity contribution in [3.8, 4) is 0 Å². The molecule has 1 N–H and O–H groups in total. The Kier molecular flexibility index (Phi) is 4.11. The maximum absolute atomic E-state index is 11.9. The number of hydrogen-bond acceptors (Lipinski definition) is 4. The predicted octanol–water partition coefficient (Wildman–Crippen LogP) is 1.88. The van der Waals surface area contributed by atoms with Crippen LogP contribution in [0, 0.1) is 0 Å². The average molecular weight is 279 g/mol. The van der Waals surface area contributed by atoms with Gasteiger partial charge < -0.3 is 14.6 Å². The lowest BCUT2D eigenvalue weighted by Crippen LogP contribution is -2.41. The minimum absolute atomic E-state index is 0.183. The first kappa shape index (κ1) is 14.6. The smallest absolute Gasteiger partial charge is 0.410 e. The molecular formula is C14H21N3O3. The molecule has 1 aliphatic rings. The van der Waals surface area contributed by atoms with Crippen molar-refractivity contribution < 1.29 is 9.53 Å². The topological polar surface area (TPSA) is 75.3 Å². The molecule has 1 fully saturated rings. The summed E-state index contributed by atoms with van der Waals surface area (Å²) in [4.78, 5) is 31.6. The van der Waals surface area contributed by atoms with Gasteiger partial charge in [-0.15, -0.1) is 0 Å². The van der Waals surface area contributed by atoms with Gasteiger partial charge >= 0.3 is 6.09 Å². The maximum atomic E-state index is 11.9. The van der Waals surface area contributed by atoms with Gasteiger partial charge in [-0.3, -0.25) is 9.78 Å². The summed E-state index contributed by atoms with van der Waals surface area (Å²) in [5, 5.41) is 0. The number of ether oxygens (including phenoxy) is 1. The van der Waals surface area contributed by atoms with Crippen LogP contribution in [0.5, 0.6) is 0 Å². The summed E-state index contributed by atoms with van der Waals surface area (Å²) in [5.74, 6) is 0.245. The van der Waals surface area contributed by atoms with Gasteiger partial charge in [-0.25, -0.2) is 4.79 Å². The molecule has 1 aliphatic heterocycles. The number of likely N-dealkylation sites (tertiary alicyclic amines) is 1. The van der Waals surface area contributed by atoms with E-state index in [0.717, 1.165) is 18.5 Å². The van der Waals surface area contributed by atoms with Gasteiger partial charge in [0.15, 0.2) is 0 Å². The lowest BCUT2D eigenvalue weighted by molar-refractivity contribution is 0.0204. The Balaban J connectivity index is 1.92. The fourth-order valence-corrected chi connectivity index (χ4v) is 2.30. The third kappa shape index (κ3) is 3.82. The number of amides is 1.